The summed E-state index contributed by atoms with van der Waals surface area (Å²) in [4.78, 5) is 26.3. The second-order valence-electron chi connectivity index (χ2n) is 10.7. The van der Waals surface area contributed by atoms with Crippen molar-refractivity contribution in [3.8, 4) is 22.3 Å². The van der Waals surface area contributed by atoms with Crippen LogP contribution in [0.5, 0.6) is 0 Å². The van der Waals surface area contributed by atoms with Gasteiger partial charge in [0, 0.05) is 11.8 Å². The van der Waals surface area contributed by atoms with Crippen molar-refractivity contribution in [1.82, 2.24) is 0 Å². The Labute approximate surface area is 233 Å². The number of carbonyl (C=O) groups excluding carboxylic acids is 1. The summed E-state index contributed by atoms with van der Waals surface area (Å²) in [5.41, 5.74) is 18.3. The van der Waals surface area contributed by atoms with Gasteiger partial charge >= 0.3 is 11.9 Å². The molecule has 0 unspecified atom stereocenters. The SMILES string of the molecule is NCCCC[C@](N)(C(=O)O)C(=O)OC(C1c2ccccc2-c2ccccc21)C1c2ccccc2-c2ccccc21. The minimum Gasteiger partial charge on any atom is -0.479 e. The van der Waals surface area contributed by atoms with Crippen LogP contribution < -0.4 is 11.5 Å². The average Bonchev–Trinajstić information content (AvgIpc) is 3.49. The van der Waals surface area contributed by atoms with Crippen molar-refractivity contribution in [3.05, 3.63) is 119 Å². The van der Waals surface area contributed by atoms with E-state index in [0.29, 0.717) is 19.4 Å². The zero-order valence-electron chi connectivity index (χ0n) is 22.1. The molecule has 40 heavy (non-hydrogen) atoms. The van der Waals surface area contributed by atoms with Gasteiger partial charge < -0.3 is 21.3 Å². The van der Waals surface area contributed by atoms with Crippen LogP contribution in [0.1, 0.15) is 53.4 Å². The molecule has 5 N–H and O–H groups in total. The number of hydrogen-bond donors (Lipinski definition) is 3. The van der Waals surface area contributed by atoms with Gasteiger partial charge in [0.25, 0.3) is 0 Å². The van der Waals surface area contributed by atoms with Gasteiger partial charge in [-0.05, 0) is 70.3 Å². The highest BCUT2D eigenvalue weighted by Crippen LogP contribution is 2.55. The summed E-state index contributed by atoms with van der Waals surface area (Å²) in [5.74, 6) is -2.95. The molecule has 4 aromatic rings. The predicted octanol–water partition coefficient (Wildman–Crippen LogP) is 5.43. The summed E-state index contributed by atoms with van der Waals surface area (Å²) in [5, 5.41) is 10.1. The number of nitrogens with two attached hydrogens (primary N) is 2. The van der Waals surface area contributed by atoms with Crippen LogP contribution in [0.25, 0.3) is 22.3 Å². The van der Waals surface area contributed by atoms with E-state index in [9.17, 15) is 14.7 Å². The number of benzene rings is 4. The van der Waals surface area contributed by atoms with Crippen LogP contribution in [0.4, 0.5) is 0 Å². The molecular formula is C34H32N2O4. The smallest absolute Gasteiger partial charge is 0.338 e. The molecular weight excluding hydrogens is 500 g/mol. The fourth-order valence-electron chi connectivity index (χ4n) is 6.50. The minimum atomic E-state index is -2.18. The highest BCUT2D eigenvalue weighted by Gasteiger charge is 2.50. The van der Waals surface area contributed by atoms with Gasteiger partial charge in [-0.2, -0.15) is 0 Å². The maximum atomic E-state index is 13.9. The van der Waals surface area contributed by atoms with E-state index in [4.69, 9.17) is 16.2 Å². The molecule has 2 aliphatic rings. The van der Waals surface area contributed by atoms with E-state index >= 15 is 0 Å². The summed E-state index contributed by atoms with van der Waals surface area (Å²) >= 11 is 0. The van der Waals surface area contributed by atoms with E-state index in [-0.39, 0.29) is 18.3 Å². The zero-order valence-corrected chi connectivity index (χ0v) is 22.1. The van der Waals surface area contributed by atoms with Crippen molar-refractivity contribution >= 4 is 11.9 Å². The number of ether oxygens (including phenoxy) is 1. The molecule has 1 atom stereocenters. The maximum absolute atomic E-state index is 13.9. The van der Waals surface area contributed by atoms with Crippen LogP contribution in [0.2, 0.25) is 0 Å². The zero-order chi connectivity index (χ0) is 27.9. The molecule has 0 radical (unpaired) electrons. The van der Waals surface area contributed by atoms with Crippen LogP contribution in [-0.4, -0.2) is 35.2 Å². The Balaban J connectivity index is 1.52. The van der Waals surface area contributed by atoms with Gasteiger partial charge in [0.05, 0.1) is 0 Å². The molecule has 202 valence electrons. The van der Waals surface area contributed by atoms with Crippen molar-refractivity contribution in [3.63, 3.8) is 0 Å². The van der Waals surface area contributed by atoms with Gasteiger partial charge in [-0.15, -0.1) is 0 Å². The summed E-state index contributed by atoms with van der Waals surface area (Å²) in [7, 11) is 0. The normalized spacial score (nSPS) is 15.2. The first-order valence-electron chi connectivity index (χ1n) is 13.8. The molecule has 0 heterocycles. The standard InChI is InChI=1S/C34H32N2O4/c35-20-10-9-19-34(36,32(37)38)33(39)40-31(29-25-15-5-1-11-21(25)22-12-2-6-16-26(22)29)30-27-17-7-3-13-23(27)24-14-4-8-18-28(24)30/h1-8,11-18,29-31H,9-10,19-20,35-36H2,(H,37,38)/t34-/m0/s1. The van der Waals surface area contributed by atoms with Crippen molar-refractivity contribution in [2.45, 2.75) is 42.7 Å². The molecule has 0 fully saturated rings. The fraction of sp³-hybridized carbons (Fsp3) is 0.235. The van der Waals surface area contributed by atoms with Gasteiger partial charge in [0.2, 0.25) is 5.54 Å². The molecule has 0 amide bonds. The first kappa shape index (κ1) is 26.0. The lowest BCUT2D eigenvalue weighted by molar-refractivity contribution is -0.166. The predicted molar refractivity (Wildman–Crippen MR) is 155 cm³/mol. The number of aliphatic carboxylic acids is 1. The van der Waals surface area contributed by atoms with E-state index in [1.165, 1.54) is 0 Å². The van der Waals surface area contributed by atoms with E-state index in [2.05, 4.69) is 48.5 Å². The Morgan fingerprint density at radius 2 is 1.07 bits per heavy atom. The van der Waals surface area contributed by atoms with Gasteiger partial charge in [0.15, 0.2) is 0 Å². The number of esters is 1. The van der Waals surface area contributed by atoms with Crippen LogP contribution in [0.3, 0.4) is 0 Å². The minimum absolute atomic E-state index is 0.0548. The van der Waals surface area contributed by atoms with Crippen LogP contribution in [-0.2, 0) is 14.3 Å². The third-order valence-electron chi connectivity index (χ3n) is 8.44. The van der Waals surface area contributed by atoms with Crippen molar-refractivity contribution in [1.29, 1.82) is 0 Å². The molecule has 6 heteroatoms. The van der Waals surface area contributed by atoms with Gasteiger partial charge in [-0.1, -0.05) is 97.1 Å². The third kappa shape index (κ3) is 4.12. The quantitative estimate of drug-likeness (QED) is 0.150. The molecule has 0 bridgehead atoms. The monoisotopic (exact) mass is 532 g/mol. The number of fused-ring (bicyclic) bond motifs is 6. The second-order valence-corrected chi connectivity index (χ2v) is 10.7. The Hall–Kier alpha value is -4.26. The maximum Gasteiger partial charge on any atom is 0.338 e. The number of unbranched alkanes of at least 4 members (excludes halogenated alkanes) is 1. The van der Waals surface area contributed by atoms with Crippen LogP contribution in [0.15, 0.2) is 97.1 Å². The lowest BCUT2D eigenvalue weighted by atomic mass is 9.79. The first-order valence-corrected chi connectivity index (χ1v) is 13.8. The topological polar surface area (TPSA) is 116 Å². The average molecular weight is 533 g/mol. The number of rotatable bonds is 9. The molecule has 0 saturated heterocycles. The third-order valence-corrected chi connectivity index (χ3v) is 8.44. The molecule has 0 spiro atoms. The van der Waals surface area contributed by atoms with E-state index in [0.717, 1.165) is 44.5 Å². The molecule has 0 aliphatic heterocycles. The summed E-state index contributed by atoms with van der Waals surface area (Å²) in [6, 6.07) is 32.6. The summed E-state index contributed by atoms with van der Waals surface area (Å²) in [6.45, 7) is 0.388. The fourth-order valence-corrected chi connectivity index (χ4v) is 6.50. The molecule has 2 aliphatic carbocycles. The second kappa shape index (κ2) is 10.4. The molecule has 0 saturated carbocycles. The van der Waals surface area contributed by atoms with E-state index < -0.39 is 23.6 Å². The number of carboxylic acids is 1. The van der Waals surface area contributed by atoms with Crippen molar-refractivity contribution in [2.75, 3.05) is 6.54 Å². The lowest BCUT2D eigenvalue weighted by Gasteiger charge is -2.34. The highest BCUT2D eigenvalue weighted by molar-refractivity contribution is 6.04. The van der Waals surface area contributed by atoms with Crippen LogP contribution >= 0.6 is 0 Å². The Bertz CT molecular complexity index is 1410. The highest BCUT2D eigenvalue weighted by atomic mass is 16.5. The lowest BCUT2D eigenvalue weighted by Crippen LogP contribution is -2.57. The Kier molecular flexibility index (Phi) is 6.74. The Morgan fingerprint density at radius 1 is 0.700 bits per heavy atom. The van der Waals surface area contributed by atoms with Crippen LogP contribution in [0, 0.1) is 0 Å². The molecule has 6 nitrogen and oxygen atoms in total. The van der Waals surface area contributed by atoms with Crippen molar-refractivity contribution < 1.29 is 19.4 Å². The summed E-state index contributed by atoms with van der Waals surface area (Å²) in [6.07, 6.45) is 0.179. The number of hydrogen-bond acceptors (Lipinski definition) is 5. The van der Waals surface area contributed by atoms with Gasteiger partial charge in [-0.3, -0.25) is 0 Å². The first-order chi connectivity index (χ1) is 19.5. The molecule has 6 rings (SSSR count). The summed E-state index contributed by atoms with van der Waals surface area (Å²) < 4.78 is 6.43. The Morgan fingerprint density at radius 3 is 1.43 bits per heavy atom. The number of carboxylic acid groups (broad SMARTS) is 1. The van der Waals surface area contributed by atoms with E-state index in [1.54, 1.807) is 0 Å². The number of carbonyl (C=O) groups is 2. The van der Waals surface area contributed by atoms with Crippen molar-refractivity contribution in [2.24, 2.45) is 11.5 Å². The van der Waals surface area contributed by atoms with Gasteiger partial charge in [-0.25, -0.2) is 9.59 Å². The molecule has 4 aromatic carbocycles. The van der Waals surface area contributed by atoms with E-state index in [1.807, 2.05) is 48.5 Å². The molecule has 0 aromatic heterocycles. The van der Waals surface area contributed by atoms with Gasteiger partial charge in [0.1, 0.15) is 6.10 Å². The largest absolute Gasteiger partial charge is 0.479 e.